The molecule has 0 fully saturated rings. The van der Waals surface area contributed by atoms with Gasteiger partial charge in [0.25, 0.3) is 5.91 Å². The highest BCUT2D eigenvalue weighted by Crippen LogP contribution is 2.11. The molecular weight excluding hydrogens is 244 g/mol. The normalized spacial score (nSPS) is 11.5. The van der Waals surface area contributed by atoms with Crippen LogP contribution in [0.25, 0.3) is 0 Å². The van der Waals surface area contributed by atoms with Gasteiger partial charge in [0, 0.05) is 12.1 Å². The quantitative estimate of drug-likeness (QED) is 0.814. The molecular formula is C14H20N2O3. The molecule has 1 aromatic carbocycles. The largest absolute Gasteiger partial charge is 0.497 e. The first-order valence-corrected chi connectivity index (χ1v) is 6.31. The Morgan fingerprint density at radius 2 is 1.89 bits per heavy atom. The molecule has 0 bridgehead atoms. The Kier molecular flexibility index (Phi) is 5.85. The van der Waals surface area contributed by atoms with Crippen molar-refractivity contribution in [2.75, 3.05) is 13.7 Å². The number of nitrogens with one attached hydrogen (secondary N) is 2. The summed E-state index contributed by atoms with van der Waals surface area (Å²) in [6, 6.07) is 6.17. The van der Waals surface area contributed by atoms with E-state index in [4.69, 9.17) is 4.74 Å². The molecule has 5 nitrogen and oxygen atoms in total. The summed E-state index contributed by atoms with van der Waals surface area (Å²) in [6.45, 7) is 4.24. The molecule has 0 spiro atoms. The van der Waals surface area contributed by atoms with E-state index in [9.17, 15) is 9.59 Å². The Bertz CT molecular complexity index is 429. The number of carbonyl (C=O) groups excluding carboxylic acids is 2. The number of methoxy groups -OCH3 is 1. The fourth-order valence-electron chi connectivity index (χ4n) is 1.49. The minimum atomic E-state index is -0.554. The number of amides is 2. The maximum absolute atomic E-state index is 11.9. The molecule has 0 heterocycles. The maximum atomic E-state index is 11.9. The molecule has 19 heavy (non-hydrogen) atoms. The van der Waals surface area contributed by atoms with Crippen LogP contribution < -0.4 is 15.4 Å². The topological polar surface area (TPSA) is 67.4 Å². The van der Waals surface area contributed by atoms with Crippen molar-refractivity contribution in [3.63, 3.8) is 0 Å². The molecule has 104 valence electrons. The summed E-state index contributed by atoms with van der Waals surface area (Å²) in [4.78, 5) is 23.5. The lowest BCUT2D eigenvalue weighted by Crippen LogP contribution is -2.44. The number of ether oxygens (including phenoxy) is 1. The zero-order chi connectivity index (χ0) is 14.3. The zero-order valence-electron chi connectivity index (χ0n) is 11.5. The van der Waals surface area contributed by atoms with Gasteiger partial charge in [0.15, 0.2) is 0 Å². The van der Waals surface area contributed by atoms with Crippen LogP contribution in [0.2, 0.25) is 0 Å². The fourth-order valence-corrected chi connectivity index (χ4v) is 1.49. The molecule has 0 radical (unpaired) electrons. The average Bonchev–Trinajstić information content (AvgIpc) is 2.44. The highest BCUT2D eigenvalue weighted by molar-refractivity contribution is 5.97. The van der Waals surface area contributed by atoms with Gasteiger partial charge in [-0.3, -0.25) is 9.59 Å². The van der Waals surface area contributed by atoms with Crippen molar-refractivity contribution in [1.29, 1.82) is 0 Å². The molecule has 0 saturated carbocycles. The summed E-state index contributed by atoms with van der Waals surface area (Å²) in [5.41, 5.74) is 0.496. The van der Waals surface area contributed by atoms with E-state index in [1.165, 1.54) is 0 Å². The van der Waals surface area contributed by atoms with Gasteiger partial charge in [-0.05, 0) is 37.6 Å². The summed E-state index contributed by atoms with van der Waals surface area (Å²) < 4.78 is 5.02. The first kappa shape index (κ1) is 15.0. The minimum Gasteiger partial charge on any atom is -0.497 e. The van der Waals surface area contributed by atoms with E-state index in [-0.39, 0.29) is 11.8 Å². The maximum Gasteiger partial charge on any atom is 0.251 e. The van der Waals surface area contributed by atoms with E-state index in [2.05, 4.69) is 10.6 Å². The van der Waals surface area contributed by atoms with Gasteiger partial charge in [-0.2, -0.15) is 0 Å². The summed E-state index contributed by atoms with van der Waals surface area (Å²) in [5.74, 6) is 0.232. The van der Waals surface area contributed by atoms with Gasteiger partial charge in [-0.25, -0.2) is 0 Å². The van der Waals surface area contributed by atoms with Crippen LogP contribution in [0.3, 0.4) is 0 Å². The SMILES string of the molecule is CCCNC(=O)[C@H](C)NC(=O)c1ccc(OC)cc1. The number of rotatable bonds is 6. The standard InChI is InChI=1S/C14H20N2O3/c1-4-9-15-13(17)10(2)16-14(18)11-5-7-12(19-3)8-6-11/h5-8,10H,4,9H2,1-3H3,(H,15,17)(H,16,18)/t10-/m0/s1. The van der Waals surface area contributed by atoms with E-state index in [0.717, 1.165) is 6.42 Å². The summed E-state index contributed by atoms with van der Waals surface area (Å²) in [7, 11) is 1.56. The molecule has 1 rings (SSSR count). The molecule has 0 saturated heterocycles. The van der Waals surface area contributed by atoms with Crippen molar-refractivity contribution >= 4 is 11.8 Å². The van der Waals surface area contributed by atoms with Gasteiger partial charge in [0.2, 0.25) is 5.91 Å². The smallest absolute Gasteiger partial charge is 0.251 e. The lowest BCUT2D eigenvalue weighted by atomic mass is 10.2. The molecule has 1 atom stereocenters. The Morgan fingerprint density at radius 1 is 1.26 bits per heavy atom. The number of benzene rings is 1. The van der Waals surface area contributed by atoms with E-state index >= 15 is 0 Å². The molecule has 5 heteroatoms. The fraction of sp³-hybridized carbons (Fsp3) is 0.429. The molecule has 2 amide bonds. The van der Waals surface area contributed by atoms with Crippen molar-refractivity contribution in [3.05, 3.63) is 29.8 Å². The van der Waals surface area contributed by atoms with Crippen molar-refractivity contribution in [3.8, 4) is 5.75 Å². The molecule has 1 aromatic rings. The van der Waals surface area contributed by atoms with Gasteiger partial charge in [0.1, 0.15) is 11.8 Å². The third-order valence-corrected chi connectivity index (χ3v) is 2.64. The van der Waals surface area contributed by atoms with Crippen LogP contribution in [0.4, 0.5) is 0 Å². The van der Waals surface area contributed by atoms with E-state index < -0.39 is 6.04 Å². The molecule has 0 aliphatic carbocycles. The predicted octanol–water partition coefficient (Wildman–Crippen LogP) is 1.34. The minimum absolute atomic E-state index is 0.177. The Balaban J connectivity index is 2.55. The second-order valence-corrected chi connectivity index (χ2v) is 4.21. The highest BCUT2D eigenvalue weighted by atomic mass is 16.5. The van der Waals surface area contributed by atoms with Crippen LogP contribution in [0, 0.1) is 0 Å². The van der Waals surface area contributed by atoms with Gasteiger partial charge >= 0.3 is 0 Å². The molecule has 0 aliphatic heterocycles. The van der Waals surface area contributed by atoms with Gasteiger partial charge in [-0.15, -0.1) is 0 Å². The van der Waals surface area contributed by atoms with Gasteiger partial charge < -0.3 is 15.4 Å². The Labute approximate surface area is 113 Å². The first-order valence-electron chi connectivity index (χ1n) is 6.31. The number of hydrogen-bond acceptors (Lipinski definition) is 3. The van der Waals surface area contributed by atoms with Crippen molar-refractivity contribution < 1.29 is 14.3 Å². The number of carbonyl (C=O) groups is 2. The number of hydrogen-bond donors (Lipinski definition) is 2. The highest BCUT2D eigenvalue weighted by Gasteiger charge is 2.15. The van der Waals surface area contributed by atoms with Crippen LogP contribution in [0.15, 0.2) is 24.3 Å². The monoisotopic (exact) mass is 264 g/mol. The van der Waals surface area contributed by atoms with Crippen molar-refractivity contribution in [1.82, 2.24) is 10.6 Å². The predicted molar refractivity (Wildman–Crippen MR) is 73.2 cm³/mol. The van der Waals surface area contributed by atoms with Crippen LogP contribution >= 0.6 is 0 Å². The zero-order valence-corrected chi connectivity index (χ0v) is 11.5. The van der Waals surface area contributed by atoms with Crippen LogP contribution in [0.1, 0.15) is 30.6 Å². The van der Waals surface area contributed by atoms with Crippen molar-refractivity contribution in [2.24, 2.45) is 0 Å². The molecule has 0 aliphatic rings. The third kappa shape index (κ3) is 4.62. The van der Waals surface area contributed by atoms with Crippen LogP contribution in [-0.2, 0) is 4.79 Å². The average molecular weight is 264 g/mol. The summed E-state index contributed by atoms with van der Waals surface area (Å²) in [5, 5.41) is 5.38. The van der Waals surface area contributed by atoms with E-state index in [1.807, 2.05) is 6.92 Å². The van der Waals surface area contributed by atoms with Gasteiger partial charge in [0.05, 0.1) is 7.11 Å². The van der Waals surface area contributed by atoms with Gasteiger partial charge in [-0.1, -0.05) is 6.92 Å². The second-order valence-electron chi connectivity index (χ2n) is 4.21. The summed E-state index contributed by atoms with van der Waals surface area (Å²) in [6.07, 6.45) is 0.866. The van der Waals surface area contributed by atoms with E-state index in [1.54, 1.807) is 38.3 Å². The molecule has 2 N–H and O–H groups in total. The van der Waals surface area contributed by atoms with E-state index in [0.29, 0.717) is 17.9 Å². The Morgan fingerprint density at radius 3 is 2.42 bits per heavy atom. The van der Waals surface area contributed by atoms with Crippen LogP contribution in [0.5, 0.6) is 5.75 Å². The third-order valence-electron chi connectivity index (χ3n) is 2.64. The Hall–Kier alpha value is -2.04. The lowest BCUT2D eigenvalue weighted by Gasteiger charge is -2.13. The first-order chi connectivity index (χ1) is 9.08. The lowest BCUT2D eigenvalue weighted by molar-refractivity contribution is -0.122. The molecule has 0 aromatic heterocycles. The van der Waals surface area contributed by atoms with Crippen molar-refractivity contribution in [2.45, 2.75) is 26.3 Å². The summed E-state index contributed by atoms with van der Waals surface area (Å²) >= 11 is 0. The molecule has 0 unspecified atom stereocenters. The second kappa shape index (κ2) is 7.41. The van der Waals surface area contributed by atoms with Crippen LogP contribution in [-0.4, -0.2) is 31.5 Å².